The standard InChI is InChI=1S/C19H17BrN2O3/c1-12-16(10-13-4-9-17(24-2)18(11-13)25-3)19(23)22(21-12)15-7-5-14(20)6-8-15/h4-11,21H,1H2,2-3H3. The first-order valence-electron chi connectivity index (χ1n) is 7.53. The van der Waals surface area contributed by atoms with Gasteiger partial charge in [0.1, 0.15) is 0 Å². The largest absolute Gasteiger partial charge is 0.493 e. The van der Waals surface area contributed by atoms with Crippen LogP contribution in [0.2, 0.25) is 0 Å². The predicted molar refractivity (Wildman–Crippen MR) is 102 cm³/mol. The van der Waals surface area contributed by atoms with Crippen LogP contribution in [-0.2, 0) is 0 Å². The van der Waals surface area contributed by atoms with Crippen molar-refractivity contribution in [2.24, 2.45) is 0 Å². The van der Waals surface area contributed by atoms with Crippen LogP contribution in [0.3, 0.4) is 0 Å². The first kappa shape index (κ1) is 17.1. The Labute approximate surface area is 152 Å². The Morgan fingerprint density at radius 2 is 1.76 bits per heavy atom. The van der Waals surface area contributed by atoms with E-state index < -0.39 is 0 Å². The molecule has 1 heterocycles. The van der Waals surface area contributed by atoms with Gasteiger partial charge in [0.05, 0.1) is 30.5 Å². The molecule has 0 unspecified atom stereocenters. The Morgan fingerprint density at radius 3 is 2.40 bits per heavy atom. The van der Waals surface area contributed by atoms with Crippen molar-refractivity contribution >= 4 is 28.6 Å². The maximum Gasteiger partial charge on any atom is 0.279 e. The minimum atomic E-state index is -0.165. The Morgan fingerprint density at radius 1 is 1.08 bits per heavy atom. The molecule has 0 bridgehead atoms. The summed E-state index contributed by atoms with van der Waals surface area (Å²) in [4.78, 5) is 12.7. The molecule has 1 N–H and O–H groups in total. The van der Waals surface area contributed by atoms with E-state index >= 15 is 0 Å². The minimum absolute atomic E-state index is 0.165. The molecule has 3 aromatic rings. The number of aromatic nitrogens is 2. The first-order valence-corrected chi connectivity index (χ1v) is 8.32. The van der Waals surface area contributed by atoms with E-state index in [0.717, 1.165) is 15.7 Å². The van der Waals surface area contributed by atoms with Crippen LogP contribution < -0.4 is 25.6 Å². The van der Waals surface area contributed by atoms with Crippen molar-refractivity contribution in [1.29, 1.82) is 0 Å². The van der Waals surface area contributed by atoms with E-state index in [1.165, 1.54) is 4.68 Å². The number of H-pyrrole nitrogens is 1. The summed E-state index contributed by atoms with van der Waals surface area (Å²) in [6.45, 7) is 3.94. The molecule has 0 aliphatic carbocycles. The molecule has 0 aliphatic rings. The van der Waals surface area contributed by atoms with Crippen molar-refractivity contribution in [1.82, 2.24) is 9.78 Å². The average Bonchev–Trinajstić information content (AvgIpc) is 2.90. The van der Waals surface area contributed by atoms with E-state index in [2.05, 4.69) is 27.6 Å². The molecule has 0 saturated heterocycles. The number of rotatable bonds is 4. The number of nitrogens with one attached hydrogen (secondary N) is 1. The number of nitrogens with zero attached hydrogens (tertiary/aromatic N) is 1. The Bertz CT molecular complexity index is 1070. The van der Waals surface area contributed by atoms with Crippen molar-refractivity contribution in [3.05, 3.63) is 73.4 Å². The van der Waals surface area contributed by atoms with Crippen LogP contribution in [-0.4, -0.2) is 24.0 Å². The van der Waals surface area contributed by atoms with Crippen LogP contribution in [0.25, 0.3) is 18.3 Å². The molecule has 128 valence electrons. The van der Waals surface area contributed by atoms with E-state index in [9.17, 15) is 4.79 Å². The van der Waals surface area contributed by atoms with Gasteiger partial charge in [0.2, 0.25) is 0 Å². The van der Waals surface area contributed by atoms with Crippen LogP contribution in [0.15, 0.2) is 51.7 Å². The van der Waals surface area contributed by atoms with Gasteiger partial charge in [-0.1, -0.05) is 28.6 Å². The van der Waals surface area contributed by atoms with Gasteiger partial charge >= 0.3 is 0 Å². The van der Waals surface area contributed by atoms with E-state index in [0.29, 0.717) is 22.1 Å². The van der Waals surface area contributed by atoms with Crippen molar-refractivity contribution < 1.29 is 9.47 Å². The van der Waals surface area contributed by atoms with Crippen molar-refractivity contribution in [2.75, 3.05) is 14.2 Å². The Hall–Kier alpha value is -2.73. The molecule has 1 aromatic heterocycles. The molecule has 3 rings (SSSR count). The molecular weight excluding hydrogens is 384 g/mol. The van der Waals surface area contributed by atoms with Gasteiger partial charge in [-0.2, -0.15) is 0 Å². The topological polar surface area (TPSA) is 56.2 Å². The molecule has 6 heteroatoms. The summed E-state index contributed by atoms with van der Waals surface area (Å²) < 4.78 is 13.0. The lowest BCUT2D eigenvalue weighted by Crippen LogP contribution is -2.33. The van der Waals surface area contributed by atoms with Crippen LogP contribution in [0, 0.1) is 0 Å². The first-order chi connectivity index (χ1) is 12.0. The molecule has 0 atom stereocenters. The summed E-state index contributed by atoms with van der Waals surface area (Å²) in [5, 5.41) is 4.05. The zero-order valence-electron chi connectivity index (χ0n) is 13.9. The summed E-state index contributed by atoms with van der Waals surface area (Å²) in [6.07, 6.45) is 1.78. The molecule has 0 saturated carbocycles. The third kappa shape index (κ3) is 3.39. The maximum absolute atomic E-state index is 12.7. The molecule has 25 heavy (non-hydrogen) atoms. The summed E-state index contributed by atoms with van der Waals surface area (Å²) >= 11 is 3.39. The minimum Gasteiger partial charge on any atom is -0.493 e. The quantitative estimate of drug-likeness (QED) is 0.730. The highest BCUT2D eigenvalue weighted by atomic mass is 79.9. The maximum atomic E-state index is 12.7. The third-order valence-electron chi connectivity index (χ3n) is 3.81. The second kappa shape index (κ2) is 7.03. The lowest BCUT2D eigenvalue weighted by molar-refractivity contribution is 0.355. The van der Waals surface area contributed by atoms with Gasteiger partial charge in [-0.3, -0.25) is 9.89 Å². The number of hydrogen-bond donors (Lipinski definition) is 1. The number of ether oxygens (including phenoxy) is 2. The van der Waals surface area contributed by atoms with E-state index in [1.807, 2.05) is 36.4 Å². The summed E-state index contributed by atoms with van der Waals surface area (Å²) in [5.41, 5.74) is 1.40. The van der Waals surface area contributed by atoms with Gasteiger partial charge in [0.25, 0.3) is 5.56 Å². The van der Waals surface area contributed by atoms with Gasteiger partial charge in [0.15, 0.2) is 11.5 Å². The number of hydrogen-bond acceptors (Lipinski definition) is 3. The van der Waals surface area contributed by atoms with E-state index in [1.54, 1.807) is 26.4 Å². The fraction of sp³-hybridized carbons (Fsp3) is 0.105. The molecule has 0 aliphatic heterocycles. The monoisotopic (exact) mass is 400 g/mol. The van der Waals surface area contributed by atoms with Gasteiger partial charge < -0.3 is 9.47 Å². The molecular formula is C19H17BrN2O3. The second-order valence-corrected chi connectivity index (χ2v) is 6.30. The zero-order chi connectivity index (χ0) is 18.0. The molecule has 0 spiro atoms. The Kier molecular flexibility index (Phi) is 4.81. The summed E-state index contributed by atoms with van der Waals surface area (Å²) in [5.74, 6) is 1.24. The van der Waals surface area contributed by atoms with Crippen LogP contribution in [0.5, 0.6) is 11.5 Å². The lowest BCUT2D eigenvalue weighted by Gasteiger charge is -2.07. The van der Waals surface area contributed by atoms with Gasteiger partial charge in [0, 0.05) is 4.47 Å². The van der Waals surface area contributed by atoms with Gasteiger partial charge in [-0.05, 0) is 48.0 Å². The smallest absolute Gasteiger partial charge is 0.279 e. The Balaban J connectivity index is 2.12. The number of methoxy groups -OCH3 is 2. The third-order valence-corrected chi connectivity index (χ3v) is 4.34. The van der Waals surface area contributed by atoms with Gasteiger partial charge in [-0.15, -0.1) is 0 Å². The van der Waals surface area contributed by atoms with Crippen molar-refractivity contribution in [3.63, 3.8) is 0 Å². The highest BCUT2D eigenvalue weighted by Gasteiger charge is 2.07. The summed E-state index contributed by atoms with van der Waals surface area (Å²) in [7, 11) is 3.16. The second-order valence-electron chi connectivity index (χ2n) is 5.38. The van der Waals surface area contributed by atoms with E-state index in [-0.39, 0.29) is 5.56 Å². The highest BCUT2D eigenvalue weighted by Crippen LogP contribution is 2.27. The normalized spacial score (nSPS) is 11.6. The fourth-order valence-electron chi connectivity index (χ4n) is 2.53. The van der Waals surface area contributed by atoms with Crippen LogP contribution >= 0.6 is 15.9 Å². The van der Waals surface area contributed by atoms with Crippen molar-refractivity contribution in [3.8, 4) is 17.2 Å². The zero-order valence-corrected chi connectivity index (χ0v) is 15.5. The number of benzene rings is 2. The number of halogens is 1. The van der Waals surface area contributed by atoms with Crippen LogP contribution in [0.1, 0.15) is 5.56 Å². The molecule has 0 amide bonds. The van der Waals surface area contributed by atoms with Gasteiger partial charge in [-0.25, -0.2) is 4.68 Å². The highest BCUT2D eigenvalue weighted by molar-refractivity contribution is 9.10. The molecule has 0 radical (unpaired) electrons. The average molecular weight is 401 g/mol. The fourth-order valence-corrected chi connectivity index (χ4v) is 2.79. The molecule has 2 aromatic carbocycles. The summed E-state index contributed by atoms with van der Waals surface area (Å²) in [6, 6.07) is 12.9. The SMILES string of the molecule is C=c1[nH]n(-c2ccc(Br)cc2)c(=O)c1=Cc1ccc(OC)c(OC)c1. The lowest BCUT2D eigenvalue weighted by atomic mass is 10.1. The molecule has 5 nitrogen and oxygen atoms in total. The number of aromatic amines is 1. The molecule has 0 fully saturated rings. The van der Waals surface area contributed by atoms with E-state index in [4.69, 9.17) is 9.47 Å². The predicted octanol–water partition coefficient (Wildman–Crippen LogP) is 2.18. The van der Waals surface area contributed by atoms with Crippen LogP contribution in [0.4, 0.5) is 0 Å². The van der Waals surface area contributed by atoms with Crippen molar-refractivity contribution in [2.45, 2.75) is 0 Å².